The van der Waals surface area contributed by atoms with Crippen molar-refractivity contribution in [2.75, 3.05) is 13.7 Å². The van der Waals surface area contributed by atoms with E-state index in [0.29, 0.717) is 17.0 Å². The summed E-state index contributed by atoms with van der Waals surface area (Å²) in [5.74, 6) is -1.01. The fourth-order valence-corrected chi connectivity index (χ4v) is 3.14. The van der Waals surface area contributed by atoms with E-state index < -0.39 is 11.6 Å². The molecule has 0 bridgehead atoms. The van der Waals surface area contributed by atoms with Crippen LogP contribution < -0.4 is 5.32 Å². The lowest BCUT2D eigenvalue weighted by Crippen LogP contribution is -2.20. The van der Waals surface area contributed by atoms with Gasteiger partial charge in [-0.15, -0.1) is 0 Å². The van der Waals surface area contributed by atoms with Crippen molar-refractivity contribution in [3.05, 3.63) is 33.8 Å². The van der Waals surface area contributed by atoms with Gasteiger partial charge in [-0.1, -0.05) is 15.9 Å². The van der Waals surface area contributed by atoms with Crippen molar-refractivity contribution in [3.8, 4) is 0 Å². The highest BCUT2D eigenvalue weighted by Crippen LogP contribution is 2.28. The van der Waals surface area contributed by atoms with Crippen molar-refractivity contribution < 1.29 is 13.5 Å². The summed E-state index contributed by atoms with van der Waals surface area (Å²) >= 11 is 3.10. The molecule has 0 aromatic heterocycles. The average molecular weight is 348 g/mol. The zero-order chi connectivity index (χ0) is 14.5. The van der Waals surface area contributed by atoms with Crippen LogP contribution in [0, 0.1) is 11.6 Å². The molecule has 2 unspecified atom stereocenters. The SMILES string of the molecule is CNC(CCCC1CCCO1)c1c(F)cc(Br)cc1F. The van der Waals surface area contributed by atoms with E-state index in [4.69, 9.17) is 4.74 Å². The predicted molar refractivity (Wildman–Crippen MR) is 78.7 cm³/mol. The van der Waals surface area contributed by atoms with Crippen molar-refractivity contribution >= 4 is 15.9 Å². The number of hydrogen-bond donors (Lipinski definition) is 1. The minimum atomic E-state index is -0.506. The van der Waals surface area contributed by atoms with Crippen LogP contribution >= 0.6 is 15.9 Å². The molecule has 2 rings (SSSR count). The second-order valence-corrected chi connectivity index (χ2v) is 6.11. The molecule has 1 saturated heterocycles. The quantitative estimate of drug-likeness (QED) is 0.826. The highest BCUT2D eigenvalue weighted by molar-refractivity contribution is 9.10. The summed E-state index contributed by atoms with van der Waals surface area (Å²) in [6.45, 7) is 0.843. The van der Waals surface area contributed by atoms with E-state index in [1.807, 2.05) is 0 Å². The van der Waals surface area contributed by atoms with Crippen LogP contribution in [0.25, 0.3) is 0 Å². The van der Waals surface area contributed by atoms with E-state index in [0.717, 1.165) is 32.3 Å². The fourth-order valence-electron chi connectivity index (χ4n) is 2.74. The molecule has 1 heterocycles. The fraction of sp³-hybridized carbons (Fsp3) is 0.600. The van der Waals surface area contributed by atoms with E-state index in [-0.39, 0.29) is 11.6 Å². The summed E-state index contributed by atoms with van der Waals surface area (Å²) in [6.07, 6.45) is 5.10. The molecule has 5 heteroatoms. The van der Waals surface area contributed by atoms with Gasteiger partial charge >= 0.3 is 0 Å². The largest absolute Gasteiger partial charge is 0.378 e. The Morgan fingerprint density at radius 2 is 2.10 bits per heavy atom. The van der Waals surface area contributed by atoms with Crippen molar-refractivity contribution in [3.63, 3.8) is 0 Å². The van der Waals surface area contributed by atoms with Gasteiger partial charge in [0, 0.05) is 22.7 Å². The summed E-state index contributed by atoms with van der Waals surface area (Å²) in [6, 6.07) is 2.32. The number of benzene rings is 1. The first kappa shape index (κ1) is 15.9. The molecule has 0 spiro atoms. The molecular formula is C15H20BrF2NO. The van der Waals surface area contributed by atoms with E-state index >= 15 is 0 Å². The average Bonchev–Trinajstić information content (AvgIpc) is 2.88. The molecule has 0 amide bonds. The maximum Gasteiger partial charge on any atom is 0.132 e. The molecule has 1 fully saturated rings. The second kappa shape index (κ2) is 7.48. The summed E-state index contributed by atoms with van der Waals surface area (Å²) in [5.41, 5.74) is 0.128. The first-order chi connectivity index (χ1) is 9.61. The van der Waals surface area contributed by atoms with Crippen molar-refractivity contribution in [1.29, 1.82) is 0 Å². The van der Waals surface area contributed by atoms with Gasteiger partial charge in [0.05, 0.1) is 6.10 Å². The van der Waals surface area contributed by atoms with E-state index in [1.165, 1.54) is 12.1 Å². The molecule has 2 nitrogen and oxygen atoms in total. The molecule has 20 heavy (non-hydrogen) atoms. The Labute approximate surface area is 127 Å². The zero-order valence-corrected chi connectivity index (χ0v) is 13.2. The molecule has 1 aliphatic rings. The topological polar surface area (TPSA) is 21.3 Å². The first-order valence-electron chi connectivity index (χ1n) is 7.05. The second-order valence-electron chi connectivity index (χ2n) is 5.19. The van der Waals surface area contributed by atoms with Gasteiger partial charge < -0.3 is 10.1 Å². The molecule has 0 aliphatic carbocycles. The van der Waals surface area contributed by atoms with Crippen LogP contribution in [0.4, 0.5) is 8.78 Å². The van der Waals surface area contributed by atoms with Gasteiger partial charge in [0.1, 0.15) is 11.6 Å². The number of halogens is 3. The summed E-state index contributed by atoms with van der Waals surface area (Å²) < 4.78 is 33.9. The van der Waals surface area contributed by atoms with Crippen LogP contribution in [0.1, 0.15) is 43.7 Å². The lowest BCUT2D eigenvalue weighted by atomic mass is 9.98. The third-order valence-electron chi connectivity index (χ3n) is 3.78. The van der Waals surface area contributed by atoms with E-state index in [9.17, 15) is 8.78 Å². The maximum absolute atomic E-state index is 13.9. The van der Waals surface area contributed by atoms with Crippen molar-refractivity contribution in [2.45, 2.75) is 44.2 Å². The standard InChI is InChI=1S/C15H20BrF2NO/c1-19-14(6-2-4-11-5-3-7-20-11)15-12(17)8-10(16)9-13(15)18/h8-9,11,14,19H,2-7H2,1H3. The van der Waals surface area contributed by atoms with Gasteiger partial charge in [-0.05, 0) is 51.3 Å². The Morgan fingerprint density at radius 1 is 1.40 bits per heavy atom. The summed E-state index contributed by atoms with van der Waals surface area (Å²) in [4.78, 5) is 0. The van der Waals surface area contributed by atoms with Crippen LogP contribution in [0.2, 0.25) is 0 Å². The van der Waals surface area contributed by atoms with Crippen LogP contribution in [-0.4, -0.2) is 19.8 Å². The predicted octanol–water partition coefficient (Wildman–Crippen LogP) is 4.34. The minimum Gasteiger partial charge on any atom is -0.378 e. The Bertz CT molecular complexity index is 426. The number of nitrogens with one attached hydrogen (secondary N) is 1. The number of ether oxygens (including phenoxy) is 1. The molecule has 1 N–H and O–H groups in total. The number of hydrogen-bond acceptors (Lipinski definition) is 2. The van der Waals surface area contributed by atoms with Gasteiger partial charge in [-0.2, -0.15) is 0 Å². The third-order valence-corrected chi connectivity index (χ3v) is 4.24. The van der Waals surface area contributed by atoms with Gasteiger partial charge in [0.2, 0.25) is 0 Å². The van der Waals surface area contributed by atoms with Crippen molar-refractivity contribution in [2.24, 2.45) is 0 Å². The van der Waals surface area contributed by atoms with E-state index in [2.05, 4.69) is 21.2 Å². The molecule has 0 saturated carbocycles. The molecule has 0 radical (unpaired) electrons. The summed E-state index contributed by atoms with van der Waals surface area (Å²) in [7, 11) is 1.73. The normalized spacial score (nSPS) is 20.3. The van der Waals surface area contributed by atoms with Crippen LogP contribution in [0.5, 0.6) is 0 Å². The molecular weight excluding hydrogens is 328 g/mol. The minimum absolute atomic E-state index is 0.128. The smallest absolute Gasteiger partial charge is 0.132 e. The molecule has 2 atom stereocenters. The lowest BCUT2D eigenvalue weighted by Gasteiger charge is -2.19. The summed E-state index contributed by atoms with van der Waals surface area (Å²) in [5, 5.41) is 3.01. The molecule has 1 aromatic rings. The maximum atomic E-state index is 13.9. The van der Waals surface area contributed by atoms with Crippen LogP contribution in [0.3, 0.4) is 0 Å². The van der Waals surface area contributed by atoms with E-state index in [1.54, 1.807) is 7.05 Å². The first-order valence-corrected chi connectivity index (χ1v) is 7.84. The highest BCUT2D eigenvalue weighted by atomic mass is 79.9. The van der Waals surface area contributed by atoms with Crippen molar-refractivity contribution in [1.82, 2.24) is 5.32 Å². The van der Waals surface area contributed by atoms with Gasteiger partial charge in [-0.3, -0.25) is 0 Å². The Morgan fingerprint density at radius 3 is 2.65 bits per heavy atom. The van der Waals surface area contributed by atoms with Crippen LogP contribution in [0.15, 0.2) is 16.6 Å². The Kier molecular flexibility index (Phi) is 5.93. The monoisotopic (exact) mass is 347 g/mol. The van der Waals surface area contributed by atoms with Gasteiger partial charge in [0.15, 0.2) is 0 Å². The third kappa shape index (κ3) is 3.99. The van der Waals surface area contributed by atoms with Gasteiger partial charge in [-0.25, -0.2) is 8.78 Å². The lowest BCUT2D eigenvalue weighted by molar-refractivity contribution is 0.101. The molecule has 1 aromatic carbocycles. The molecule has 112 valence electrons. The highest BCUT2D eigenvalue weighted by Gasteiger charge is 2.21. The zero-order valence-electron chi connectivity index (χ0n) is 11.6. The Hall–Kier alpha value is -0.520. The molecule has 1 aliphatic heterocycles. The van der Waals surface area contributed by atoms with Gasteiger partial charge in [0.25, 0.3) is 0 Å². The Balaban J connectivity index is 1.97. The number of rotatable bonds is 6. The van der Waals surface area contributed by atoms with Crippen LogP contribution in [-0.2, 0) is 4.74 Å².